The number of hydrogen-bond acceptors (Lipinski definition) is 3. The molecular weight excluding hydrogens is 330 g/mol. The van der Waals surface area contributed by atoms with Crippen molar-refractivity contribution in [2.45, 2.75) is 51.7 Å². The average Bonchev–Trinajstić information content (AvgIpc) is 2.81. The van der Waals surface area contributed by atoms with E-state index in [9.17, 15) is 9.18 Å². The molecule has 0 radical (unpaired) electrons. The van der Waals surface area contributed by atoms with Crippen molar-refractivity contribution < 1.29 is 18.5 Å². The van der Waals surface area contributed by atoms with E-state index >= 15 is 0 Å². The Balaban J connectivity index is 1.60. The lowest BCUT2D eigenvalue weighted by molar-refractivity contribution is 0.00578. The van der Waals surface area contributed by atoms with Gasteiger partial charge in [-0.1, -0.05) is 24.3 Å². The SMILES string of the molecule is CC1(C)OB(c2ccc(CCC(=O)c3ccc(F)cc3)cc2)OC1(C)C. The number of Topliss-reactive ketones (excluding diaryl/α,β-unsaturated/α-hetero) is 1. The molecule has 0 N–H and O–H groups in total. The molecule has 0 bridgehead atoms. The fraction of sp³-hybridized carbons (Fsp3) is 0.381. The van der Waals surface area contributed by atoms with Gasteiger partial charge < -0.3 is 9.31 Å². The van der Waals surface area contributed by atoms with Crippen LogP contribution >= 0.6 is 0 Å². The molecule has 3 nitrogen and oxygen atoms in total. The smallest absolute Gasteiger partial charge is 0.399 e. The minimum absolute atomic E-state index is 0.0139. The Morgan fingerprint density at radius 2 is 1.46 bits per heavy atom. The van der Waals surface area contributed by atoms with Crippen LogP contribution < -0.4 is 5.46 Å². The molecule has 0 aliphatic carbocycles. The Kier molecular flexibility index (Phi) is 5.04. The van der Waals surface area contributed by atoms with Gasteiger partial charge in [-0.05, 0) is 69.4 Å². The molecule has 26 heavy (non-hydrogen) atoms. The summed E-state index contributed by atoms with van der Waals surface area (Å²) in [5.74, 6) is -0.320. The maximum atomic E-state index is 12.9. The number of benzene rings is 2. The van der Waals surface area contributed by atoms with Crippen molar-refractivity contribution in [3.63, 3.8) is 0 Å². The van der Waals surface area contributed by atoms with E-state index in [0.717, 1.165) is 11.0 Å². The van der Waals surface area contributed by atoms with Crippen LogP contribution in [0.15, 0.2) is 48.5 Å². The van der Waals surface area contributed by atoms with Gasteiger partial charge in [0.15, 0.2) is 5.78 Å². The topological polar surface area (TPSA) is 35.5 Å². The second-order valence-corrected chi connectivity index (χ2v) is 7.76. The molecule has 0 spiro atoms. The Morgan fingerprint density at radius 1 is 0.923 bits per heavy atom. The van der Waals surface area contributed by atoms with Gasteiger partial charge in [-0.15, -0.1) is 0 Å². The molecule has 0 saturated carbocycles. The summed E-state index contributed by atoms with van der Waals surface area (Å²) in [6, 6.07) is 13.6. The molecule has 0 atom stereocenters. The van der Waals surface area contributed by atoms with Gasteiger partial charge >= 0.3 is 7.12 Å². The molecule has 5 heteroatoms. The quantitative estimate of drug-likeness (QED) is 0.603. The molecule has 1 aliphatic rings. The summed E-state index contributed by atoms with van der Waals surface area (Å²) in [6.45, 7) is 8.12. The van der Waals surface area contributed by atoms with Crippen molar-refractivity contribution in [1.82, 2.24) is 0 Å². The summed E-state index contributed by atoms with van der Waals surface area (Å²) in [5, 5.41) is 0. The van der Waals surface area contributed by atoms with E-state index in [4.69, 9.17) is 9.31 Å². The number of hydrogen-bond donors (Lipinski definition) is 0. The number of aryl methyl sites for hydroxylation is 1. The van der Waals surface area contributed by atoms with Gasteiger partial charge in [0.25, 0.3) is 0 Å². The first kappa shape index (κ1) is 18.8. The van der Waals surface area contributed by atoms with Crippen molar-refractivity contribution >= 4 is 18.4 Å². The van der Waals surface area contributed by atoms with Crippen LogP contribution in [0, 0.1) is 5.82 Å². The van der Waals surface area contributed by atoms with Gasteiger partial charge in [0, 0.05) is 12.0 Å². The largest absolute Gasteiger partial charge is 0.494 e. The van der Waals surface area contributed by atoms with Gasteiger partial charge in [-0.2, -0.15) is 0 Å². The van der Waals surface area contributed by atoms with E-state index in [1.807, 2.05) is 52.0 Å². The third-order valence-corrected chi connectivity index (χ3v) is 5.31. The Bertz CT molecular complexity index is 766. The number of carbonyl (C=O) groups excluding carboxylic acids is 1. The van der Waals surface area contributed by atoms with E-state index in [2.05, 4.69) is 0 Å². The first-order chi connectivity index (χ1) is 12.2. The number of halogens is 1. The number of rotatable bonds is 5. The van der Waals surface area contributed by atoms with Gasteiger partial charge in [0.2, 0.25) is 0 Å². The summed E-state index contributed by atoms with van der Waals surface area (Å²) in [4.78, 5) is 12.2. The summed E-state index contributed by atoms with van der Waals surface area (Å²) < 4.78 is 25.0. The standard InChI is InChI=1S/C21H24BFO3/c1-20(2)21(3,4)26-22(25-20)17-10-5-15(6-11-17)7-14-19(24)16-8-12-18(23)13-9-16/h5-6,8-13H,7,14H2,1-4H3. The normalized spacial score (nSPS) is 18.1. The molecule has 2 aromatic rings. The maximum absolute atomic E-state index is 12.9. The van der Waals surface area contributed by atoms with Crippen molar-refractivity contribution in [1.29, 1.82) is 0 Å². The van der Waals surface area contributed by atoms with Gasteiger partial charge in [0.1, 0.15) is 5.82 Å². The average molecular weight is 354 g/mol. The highest BCUT2D eigenvalue weighted by Crippen LogP contribution is 2.36. The number of carbonyl (C=O) groups is 1. The minimum atomic E-state index is -0.380. The van der Waals surface area contributed by atoms with E-state index in [-0.39, 0.29) is 29.9 Å². The first-order valence-electron chi connectivity index (χ1n) is 8.91. The van der Waals surface area contributed by atoms with Crippen molar-refractivity contribution in [3.05, 3.63) is 65.5 Å². The van der Waals surface area contributed by atoms with Crippen LogP contribution in [0.5, 0.6) is 0 Å². The van der Waals surface area contributed by atoms with Crippen LogP contribution in [-0.2, 0) is 15.7 Å². The van der Waals surface area contributed by atoms with Crippen LogP contribution in [0.25, 0.3) is 0 Å². The summed E-state index contributed by atoms with van der Waals surface area (Å²) >= 11 is 0. The molecule has 3 rings (SSSR count). The maximum Gasteiger partial charge on any atom is 0.494 e. The third-order valence-electron chi connectivity index (χ3n) is 5.31. The van der Waals surface area contributed by atoms with Gasteiger partial charge in [-0.3, -0.25) is 4.79 Å². The lowest BCUT2D eigenvalue weighted by Crippen LogP contribution is -2.41. The summed E-state index contributed by atoms with van der Waals surface area (Å²) in [5.41, 5.74) is 1.86. The second-order valence-electron chi connectivity index (χ2n) is 7.76. The molecule has 2 aromatic carbocycles. The zero-order valence-electron chi connectivity index (χ0n) is 15.7. The van der Waals surface area contributed by atoms with Crippen LogP contribution in [0.2, 0.25) is 0 Å². The summed E-state index contributed by atoms with van der Waals surface area (Å²) in [6.07, 6.45) is 1.03. The van der Waals surface area contributed by atoms with Crippen molar-refractivity contribution in [2.24, 2.45) is 0 Å². The third kappa shape index (κ3) is 3.89. The van der Waals surface area contributed by atoms with Gasteiger partial charge in [-0.25, -0.2) is 4.39 Å². The molecule has 1 saturated heterocycles. The second kappa shape index (κ2) is 6.97. The molecule has 0 amide bonds. The molecular formula is C21H24BFO3. The monoisotopic (exact) mass is 354 g/mol. The Labute approximate surface area is 154 Å². The van der Waals surface area contributed by atoms with E-state index in [0.29, 0.717) is 18.4 Å². The lowest BCUT2D eigenvalue weighted by Gasteiger charge is -2.32. The predicted octanol–water partition coefficient (Wildman–Crippen LogP) is 3.94. The van der Waals surface area contributed by atoms with Crippen molar-refractivity contribution in [3.8, 4) is 0 Å². The lowest BCUT2D eigenvalue weighted by atomic mass is 9.78. The number of ketones is 1. The highest BCUT2D eigenvalue weighted by atomic mass is 19.1. The first-order valence-corrected chi connectivity index (χ1v) is 8.91. The minimum Gasteiger partial charge on any atom is -0.399 e. The Hall–Kier alpha value is -1.98. The fourth-order valence-corrected chi connectivity index (χ4v) is 2.86. The van der Waals surface area contributed by atoms with Crippen LogP contribution in [-0.4, -0.2) is 24.1 Å². The molecule has 0 unspecified atom stereocenters. The van der Waals surface area contributed by atoms with Crippen LogP contribution in [0.4, 0.5) is 4.39 Å². The summed E-state index contributed by atoms with van der Waals surface area (Å²) in [7, 11) is -0.380. The Morgan fingerprint density at radius 3 is 2.00 bits per heavy atom. The highest BCUT2D eigenvalue weighted by Gasteiger charge is 2.51. The van der Waals surface area contributed by atoms with Crippen LogP contribution in [0.1, 0.15) is 50.0 Å². The molecule has 136 valence electrons. The highest BCUT2D eigenvalue weighted by molar-refractivity contribution is 6.62. The van der Waals surface area contributed by atoms with E-state index in [1.165, 1.54) is 24.3 Å². The molecule has 1 fully saturated rings. The molecule has 0 aromatic heterocycles. The van der Waals surface area contributed by atoms with Gasteiger partial charge in [0.05, 0.1) is 11.2 Å². The molecule has 1 aliphatic heterocycles. The molecule has 1 heterocycles. The fourth-order valence-electron chi connectivity index (χ4n) is 2.86. The zero-order chi connectivity index (χ0) is 18.9. The van der Waals surface area contributed by atoms with E-state index in [1.54, 1.807) is 0 Å². The van der Waals surface area contributed by atoms with E-state index < -0.39 is 0 Å². The van der Waals surface area contributed by atoms with Crippen molar-refractivity contribution in [2.75, 3.05) is 0 Å². The zero-order valence-corrected chi connectivity index (χ0v) is 15.7. The predicted molar refractivity (Wildman–Crippen MR) is 101 cm³/mol. The van der Waals surface area contributed by atoms with Crippen LogP contribution in [0.3, 0.4) is 0 Å².